The molecule has 2 aliphatic rings. The van der Waals surface area contributed by atoms with Crippen LogP contribution in [-0.4, -0.2) is 57.0 Å². The minimum Gasteiger partial charge on any atom is -0.441 e. The van der Waals surface area contributed by atoms with Gasteiger partial charge in [-0.3, -0.25) is 9.69 Å². The van der Waals surface area contributed by atoms with Gasteiger partial charge in [0, 0.05) is 49.7 Å². The lowest BCUT2D eigenvalue weighted by molar-refractivity contribution is 0.0438. The number of ether oxygens (including phenoxy) is 1. The molecule has 2 saturated heterocycles. The summed E-state index contributed by atoms with van der Waals surface area (Å²) in [7, 11) is 0. The van der Waals surface area contributed by atoms with E-state index in [1.165, 1.54) is 0 Å². The molecule has 1 spiro atoms. The molecule has 8 nitrogen and oxygen atoms in total. The lowest BCUT2D eigenvalue weighted by Crippen LogP contribution is -2.37. The quantitative estimate of drug-likeness (QED) is 0.617. The van der Waals surface area contributed by atoms with Crippen LogP contribution in [0.3, 0.4) is 0 Å². The molecule has 34 heavy (non-hydrogen) atoms. The minimum atomic E-state index is -0.533. The van der Waals surface area contributed by atoms with Gasteiger partial charge >= 0.3 is 6.09 Å². The van der Waals surface area contributed by atoms with Crippen LogP contribution in [0.2, 0.25) is 0 Å². The van der Waals surface area contributed by atoms with Gasteiger partial charge in [0.1, 0.15) is 5.60 Å². The molecule has 0 radical (unpaired) electrons. The van der Waals surface area contributed by atoms with E-state index in [2.05, 4.69) is 15.3 Å². The van der Waals surface area contributed by atoms with Crippen LogP contribution < -0.4 is 5.32 Å². The highest BCUT2D eigenvalue weighted by molar-refractivity contribution is 5.95. The predicted molar refractivity (Wildman–Crippen MR) is 128 cm³/mol. The number of hydrogen-bond donors (Lipinski definition) is 1. The maximum atomic E-state index is 13.3. The Bertz CT molecular complexity index is 1160. The van der Waals surface area contributed by atoms with Crippen molar-refractivity contribution in [3.8, 4) is 0 Å². The Balaban J connectivity index is 1.23. The largest absolute Gasteiger partial charge is 0.441 e. The van der Waals surface area contributed by atoms with E-state index in [1.54, 1.807) is 23.4 Å². The molecule has 0 saturated carbocycles. The summed E-state index contributed by atoms with van der Waals surface area (Å²) in [6.45, 7) is 2.27. The van der Waals surface area contributed by atoms with Gasteiger partial charge < -0.3 is 15.0 Å². The second-order valence-electron chi connectivity index (χ2n) is 8.82. The monoisotopic (exact) mass is 457 g/mol. The van der Waals surface area contributed by atoms with E-state index >= 15 is 0 Å². The first-order valence-corrected chi connectivity index (χ1v) is 11.6. The summed E-state index contributed by atoms with van der Waals surface area (Å²) in [5.74, 6) is 0.451. The summed E-state index contributed by atoms with van der Waals surface area (Å²) in [5, 5.41) is 3.13. The highest BCUT2D eigenvalue weighted by atomic mass is 16.6. The molecule has 3 heterocycles. The Morgan fingerprint density at radius 3 is 2.65 bits per heavy atom. The zero-order valence-corrected chi connectivity index (χ0v) is 18.9. The molecule has 174 valence electrons. The first-order valence-electron chi connectivity index (χ1n) is 11.6. The van der Waals surface area contributed by atoms with Crippen LogP contribution in [0.5, 0.6) is 0 Å². The third kappa shape index (κ3) is 4.85. The van der Waals surface area contributed by atoms with Gasteiger partial charge in [0.15, 0.2) is 0 Å². The van der Waals surface area contributed by atoms with Gasteiger partial charge in [-0.05, 0) is 42.7 Å². The van der Waals surface area contributed by atoms with Crippen molar-refractivity contribution in [2.24, 2.45) is 0 Å². The Labute approximate surface area is 198 Å². The number of hydrogen-bond acceptors (Lipinski definition) is 6. The maximum Gasteiger partial charge on any atom is 0.410 e. The average molecular weight is 458 g/mol. The Morgan fingerprint density at radius 2 is 1.82 bits per heavy atom. The standard InChI is InChI=1S/C26H27N5O3/c32-23(21-9-4-10-22(17-21)29-24-27-13-6-14-28-24)30-15-5-11-26(12-16-30)19-31(25(33)34-26)18-20-7-2-1-3-8-20/h1-4,6-10,13-14,17H,5,11-12,15-16,18-19H2,(H,27,28,29)/t26-/m0/s1. The highest BCUT2D eigenvalue weighted by Gasteiger charge is 2.46. The van der Waals surface area contributed by atoms with Gasteiger partial charge in [-0.2, -0.15) is 0 Å². The number of nitrogens with one attached hydrogen (secondary N) is 1. The van der Waals surface area contributed by atoms with Crippen molar-refractivity contribution in [3.05, 3.63) is 84.2 Å². The van der Waals surface area contributed by atoms with Crippen LogP contribution in [0.4, 0.5) is 16.4 Å². The molecule has 0 bridgehead atoms. The van der Waals surface area contributed by atoms with Crippen molar-refractivity contribution in [1.82, 2.24) is 19.8 Å². The molecule has 1 aromatic heterocycles. The molecule has 1 atom stereocenters. The number of anilines is 2. The number of amides is 2. The summed E-state index contributed by atoms with van der Waals surface area (Å²) in [6, 6.07) is 19.0. The molecule has 2 fully saturated rings. The topological polar surface area (TPSA) is 87.7 Å². The van der Waals surface area contributed by atoms with Gasteiger partial charge in [-0.25, -0.2) is 14.8 Å². The smallest absolute Gasteiger partial charge is 0.410 e. The van der Waals surface area contributed by atoms with Crippen molar-refractivity contribution in [2.45, 2.75) is 31.4 Å². The van der Waals surface area contributed by atoms with Gasteiger partial charge in [0.05, 0.1) is 6.54 Å². The second kappa shape index (κ2) is 9.51. The van der Waals surface area contributed by atoms with Gasteiger partial charge in [0.2, 0.25) is 5.95 Å². The number of nitrogens with zero attached hydrogens (tertiary/aromatic N) is 4. The summed E-state index contributed by atoms with van der Waals surface area (Å²) in [6.07, 6.45) is 5.22. The van der Waals surface area contributed by atoms with E-state index in [-0.39, 0.29) is 12.0 Å². The summed E-state index contributed by atoms with van der Waals surface area (Å²) in [5.41, 5.74) is 1.90. The SMILES string of the molecule is O=C1O[C@]2(CCCN(C(=O)c3cccc(Nc4ncccn4)c3)CC2)CN1Cc1ccccc1. The van der Waals surface area contributed by atoms with Crippen molar-refractivity contribution < 1.29 is 14.3 Å². The first kappa shape index (κ1) is 21.9. The van der Waals surface area contributed by atoms with E-state index in [9.17, 15) is 9.59 Å². The van der Waals surface area contributed by atoms with Crippen LogP contribution in [0.1, 0.15) is 35.2 Å². The van der Waals surface area contributed by atoms with Crippen LogP contribution >= 0.6 is 0 Å². The third-order valence-corrected chi connectivity index (χ3v) is 6.37. The zero-order chi connectivity index (χ0) is 23.4. The number of benzene rings is 2. The molecule has 2 aromatic carbocycles. The fourth-order valence-corrected chi connectivity index (χ4v) is 4.65. The second-order valence-corrected chi connectivity index (χ2v) is 8.82. The van der Waals surface area contributed by atoms with Crippen LogP contribution in [0.25, 0.3) is 0 Å². The lowest BCUT2D eigenvalue weighted by Gasteiger charge is -2.25. The summed E-state index contributed by atoms with van der Waals surface area (Å²) < 4.78 is 5.90. The molecular weight excluding hydrogens is 430 g/mol. The molecular formula is C26H27N5O3. The number of aromatic nitrogens is 2. The van der Waals surface area contributed by atoms with Crippen LogP contribution in [-0.2, 0) is 11.3 Å². The first-order chi connectivity index (χ1) is 16.6. The Kier molecular flexibility index (Phi) is 6.12. The predicted octanol–water partition coefficient (Wildman–Crippen LogP) is 4.24. The van der Waals surface area contributed by atoms with E-state index in [0.29, 0.717) is 44.1 Å². The maximum absolute atomic E-state index is 13.3. The number of likely N-dealkylation sites (tertiary alicyclic amines) is 1. The van der Waals surface area contributed by atoms with Gasteiger partial charge in [0.25, 0.3) is 5.91 Å². The van der Waals surface area contributed by atoms with Crippen molar-refractivity contribution in [1.29, 1.82) is 0 Å². The van der Waals surface area contributed by atoms with Gasteiger partial charge in [-0.1, -0.05) is 36.4 Å². The summed E-state index contributed by atoms with van der Waals surface area (Å²) in [4.78, 5) is 37.8. The number of rotatable bonds is 5. The molecule has 0 unspecified atom stereocenters. The number of carbonyl (C=O) groups is 2. The van der Waals surface area contributed by atoms with Crippen molar-refractivity contribution >= 4 is 23.6 Å². The van der Waals surface area contributed by atoms with Crippen LogP contribution in [0.15, 0.2) is 73.1 Å². The third-order valence-electron chi connectivity index (χ3n) is 6.37. The van der Waals surface area contributed by atoms with E-state index in [4.69, 9.17) is 4.74 Å². The Morgan fingerprint density at radius 1 is 1.00 bits per heavy atom. The van der Waals surface area contributed by atoms with Gasteiger partial charge in [-0.15, -0.1) is 0 Å². The molecule has 2 aliphatic heterocycles. The average Bonchev–Trinajstić information content (AvgIpc) is 3.02. The van der Waals surface area contributed by atoms with E-state index in [1.807, 2.05) is 59.5 Å². The zero-order valence-electron chi connectivity index (χ0n) is 18.9. The van der Waals surface area contributed by atoms with Crippen LogP contribution in [0, 0.1) is 0 Å². The molecule has 5 rings (SSSR count). The van der Waals surface area contributed by atoms with E-state index in [0.717, 1.165) is 24.1 Å². The molecule has 2 amide bonds. The molecule has 8 heteroatoms. The minimum absolute atomic E-state index is 0.0276. The normalized spacial score (nSPS) is 20.2. The number of carbonyl (C=O) groups excluding carboxylic acids is 2. The summed E-state index contributed by atoms with van der Waals surface area (Å²) >= 11 is 0. The molecule has 0 aliphatic carbocycles. The van der Waals surface area contributed by atoms with Crippen molar-refractivity contribution in [3.63, 3.8) is 0 Å². The fourth-order valence-electron chi connectivity index (χ4n) is 4.65. The fraction of sp³-hybridized carbons (Fsp3) is 0.308. The molecule has 3 aromatic rings. The van der Waals surface area contributed by atoms with Crippen molar-refractivity contribution in [2.75, 3.05) is 25.0 Å². The van der Waals surface area contributed by atoms with E-state index < -0.39 is 5.60 Å². The highest BCUT2D eigenvalue weighted by Crippen LogP contribution is 2.34. The lowest BCUT2D eigenvalue weighted by atomic mass is 9.95. The Hall–Kier alpha value is -3.94. The molecule has 1 N–H and O–H groups in total.